The van der Waals surface area contributed by atoms with Crippen LogP contribution in [0.5, 0.6) is 0 Å². The van der Waals surface area contributed by atoms with Gasteiger partial charge in [0, 0.05) is 24.8 Å². The lowest BCUT2D eigenvalue weighted by Crippen LogP contribution is -2.50. The van der Waals surface area contributed by atoms with Crippen LogP contribution in [0.1, 0.15) is 57.9 Å². The van der Waals surface area contributed by atoms with Gasteiger partial charge in [-0.1, -0.05) is 0 Å². The topological polar surface area (TPSA) is 95.4 Å². The van der Waals surface area contributed by atoms with Gasteiger partial charge in [-0.25, -0.2) is 0 Å². The van der Waals surface area contributed by atoms with E-state index >= 15 is 0 Å². The maximum Gasteiger partial charge on any atom is 0.289 e. The SMILES string of the molecule is O=C(N[C@H]1CCCN(C(=O)c2ccco2)C1)c1cc2c([nH]c1=O)CCCC2. The van der Waals surface area contributed by atoms with Crippen molar-refractivity contribution in [1.82, 2.24) is 15.2 Å². The van der Waals surface area contributed by atoms with Crippen LogP contribution in [0.3, 0.4) is 0 Å². The Morgan fingerprint density at radius 3 is 2.89 bits per heavy atom. The molecule has 1 aliphatic carbocycles. The Morgan fingerprint density at radius 1 is 1.22 bits per heavy atom. The van der Waals surface area contributed by atoms with Crippen molar-refractivity contribution in [3.05, 3.63) is 57.4 Å². The van der Waals surface area contributed by atoms with E-state index in [1.807, 2.05) is 0 Å². The number of nitrogens with one attached hydrogen (secondary N) is 2. The number of nitrogens with zero attached hydrogens (tertiary/aromatic N) is 1. The number of aryl methyl sites for hydroxylation is 2. The Kier molecular flexibility index (Phi) is 4.83. The maximum atomic E-state index is 12.7. The lowest BCUT2D eigenvalue weighted by molar-refractivity contribution is 0.0646. The molecule has 0 radical (unpaired) electrons. The van der Waals surface area contributed by atoms with Gasteiger partial charge in [0.1, 0.15) is 5.56 Å². The summed E-state index contributed by atoms with van der Waals surface area (Å²) in [6, 6.07) is 4.87. The number of piperidine rings is 1. The van der Waals surface area contributed by atoms with Gasteiger partial charge in [0.05, 0.1) is 6.26 Å². The highest BCUT2D eigenvalue weighted by Gasteiger charge is 2.27. The molecule has 0 aromatic carbocycles. The molecule has 7 nitrogen and oxygen atoms in total. The molecule has 1 fully saturated rings. The fourth-order valence-electron chi connectivity index (χ4n) is 3.94. The fraction of sp³-hybridized carbons (Fsp3) is 0.450. The van der Waals surface area contributed by atoms with Crippen LogP contribution < -0.4 is 10.9 Å². The van der Waals surface area contributed by atoms with Gasteiger partial charge in [0.2, 0.25) is 0 Å². The Hall–Kier alpha value is -2.83. The first-order valence-electron chi connectivity index (χ1n) is 9.50. The number of H-pyrrole nitrogens is 1. The molecule has 2 aromatic rings. The zero-order valence-corrected chi connectivity index (χ0v) is 15.1. The normalized spacial score (nSPS) is 19.4. The second kappa shape index (κ2) is 7.42. The van der Waals surface area contributed by atoms with Gasteiger partial charge in [-0.3, -0.25) is 14.4 Å². The monoisotopic (exact) mass is 369 g/mol. The highest BCUT2D eigenvalue weighted by molar-refractivity contribution is 5.94. The number of fused-ring (bicyclic) bond motifs is 1. The molecule has 7 heteroatoms. The number of furan rings is 1. The summed E-state index contributed by atoms with van der Waals surface area (Å²) in [6.45, 7) is 1.04. The molecule has 2 aliphatic rings. The molecule has 1 aliphatic heterocycles. The quantitative estimate of drug-likeness (QED) is 0.864. The molecule has 4 rings (SSSR count). The van der Waals surface area contributed by atoms with E-state index in [1.54, 1.807) is 23.1 Å². The van der Waals surface area contributed by atoms with Crippen LogP contribution in [0.15, 0.2) is 33.7 Å². The smallest absolute Gasteiger partial charge is 0.289 e. The van der Waals surface area contributed by atoms with E-state index in [0.717, 1.165) is 49.8 Å². The predicted octanol–water partition coefficient (Wildman–Crippen LogP) is 1.88. The van der Waals surface area contributed by atoms with Crippen molar-refractivity contribution in [3.8, 4) is 0 Å². The summed E-state index contributed by atoms with van der Waals surface area (Å²) in [7, 11) is 0. The number of amides is 2. The van der Waals surface area contributed by atoms with Crippen LogP contribution in [-0.2, 0) is 12.8 Å². The molecule has 0 unspecified atom stereocenters. The standard InChI is InChI=1S/C20H23N3O4/c24-18(15-11-13-5-1-2-7-16(13)22-19(15)25)21-14-6-3-9-23(12-14)20(26)17-8-4-10-27-17/h4,8,10-11,14H,1-3,5-7,9,12H2,(H,21,24)(H,22,25)/t14-/m0/s1. The summed E-state index contributed by atoms with van der Waals surface area (Å²) in [5.41, 5.74) is 1.83. The first-order valence-corrected chi connectivity index (χ1v) is 9.50. The number of aromatic nitrogens is 1. The third-order valence-corrected chi connectivity index (χ3v) is 5.36. The number of rotatable bonds is 3. The first kappa shape index (κ1) is 17.6. The van der Waals surface area contributed by atoms with Gasteiger partial charge < -0.3 is 19.6 Å². The number of carbonyl (C=O) groups is 2. The molecule has 2 N–H and O–H groups in total. The molecule has 0 bridgehead atoms. The van der Waals surface area contributed by atoms with Gasteiger partial charge in [-0.15, -0.1) is 0 Å². The van der Waals surface area contributed by atoms with Gasteiger partial charge >= 0.3 is 0 Å². The Balaban J connectivity index is 1.45. The molecule has 2 aromatic heterocycles. The van der Waals surface area contributed by atoms with E-state index in [9.17, 15) is 14.4 Å². The number of pyridine rings is 1. The highest BCUT2D eigenvalue weighted by atomic mass is 16.3. The number of carbonyl (C=O) groups excluding carboxylic acids is 2. The summed E-state index contributed by atoms with van der Waals surface area (Å²) >= 11 is 0. The molecule has 0 spiro atoms. The van der Waals surface area contributed by atoms with Crippen molar-refractivity contribution >= 4 is 11.8 Å². The average molecular weight is 369 g/mol. The molecule has 2 amide bonds. The predicted molar refractivity (Wildman–Crippen MR) is 98.8 cm³/mol. The van der Waals surface area contributed by atoms with Crippen molar-refractivity contribution in [2.45, 2.75) is 44.6 Å². The van der Waals surface area contributed by atoms with Crippen molar-refractivity contribution < 1.29 is 14.0 Å². The minimum atomic E-state index is -0.373. The van der Waals surface area contributed by atoms with Crippen molar-refractivity contribution in [2.75, 3.05) is 13.1 Å². The summed E-state index contributed by atoms with van der Waals surface area (Å²) in [4.78, 5) is 42.0. The van der Waals surface area contributed by atoms with Crippen LogP contribution in [0.25, 0.3) is 0 Å². The van der Waals surface area contributed by atoms with Gasteiger partial charge in [0.25, 0.3) is 17.4 Å². The third-order valence-electron chi connectivity index (χ3n) is 5.36. The van der Waals surface area contributed by atoms with Gasteiger partial charge in [-0.2, -0.15) is 0 Å². The third kappa shape index (κ3) is 3.67. The Labute approximate surface area is 156 Å². The molecule has 3 heterocycles. The lowest BCUT2D eigenvalue weighted by Gasteiger charge is -2.32. The first-order chi connectivity index (χ1) is 13.1. The molecule has 0 saturated carbocycles. The molecule has 142 valence electrons. The molecule has 1 saturated heterocycles. The van der Waals surface area contributed by atoms with Crippen LogP contribution >= 0.6 is 0 Å². The van der Waals surface area contributed by atoms with Crippen molar-refractivity contribution in [1.29, 1.82) is 0 Å². The second-order valence-electron chi connectivity index (χ2n) is 7.26. The average Bonchev–Trinajstić information content (AvgIpc) is 3.21. The molecular weight excluding hydrogens is 346 g/mol. The van der Waals surface area contributed by atoms with E-state index in [-0.39, 0.29) is 29.0 Å². The molecule has 27 heavy (non-hydrogen) atoms. The molecular formula is C20H23N3O4. The lowest BCUT2D eigenvalue weighted by atomic mass is 9.95. The van der Waals surface area contributed by atoms with E-state index < -0.39 is 0 Å². The Bertz CT molecular complexity index is 900. The summed E-state index contributed by atoms with van der Waals surface area (Å²) < 4.78 is 5.18. The summed E-state index contributed by atoms with van der Waals surface area (Å²) in [6.07, 6.45) is 6.93. The van der Waals surface area contributed by atoms with E-state index in [2.05, 4.69) is 10.3 Å². The van der Waals surface area contributed by atoms with E-state index in [0.29, 0.717) is 18.8 Å². The van der Waals surface area contributed by atoms with Gasteiger partial charge in [-0.05, 0) is 62.3 Å². The highest BCUT2D eigenvalue weighted by Crippen LogP contribution is 2.19. The minimum absolute atomic E-state index is 0.158. The van der Waals surface area contributed by atoms with Crippen LogP contribution in [0.4, 0.5) is 0 Å². The van der Waals surface area contributed by atoms with Crippen LogP contribution in [0, 0.1) is 0 Å². The number of likely N-dealkylation sites (tertiary alicyclic amines) is 1. The van der Waals surface area contributed by atoms with E-state index in [1.165, 1.54) is 6.26 Å². The van der Waals surface area contributed by atoms with Gasteiger partial charge in [0.15, 0.2) is 5.76 Å². The van der Waals surface area contributed by atoms with E-state index in [4.69, 9.17) is 4.42 Å². The van der Waals surface area contributed by atoms with Crippen molar-refractivity contribution in [3.63, 3.8) is 0 Å². The molecule has 1 atom stereocenters. The summed E-state index contributed by atoms with van der Waals surface area (Å²) in [5, 5.41) is 2.93. The largest absolute Gasteiger partial charge is 0.459 e. The zero-order chi connectivity index (χ0) is 18.8. The second-order valence-corrected chi connectivity index (χ2v) is 7.26. The Morgan fingerprint density at radius 2 is 2.07 bits per heavy atom. The zero-order valence-electron chi connectivity index (χ0n) is 15.1. The number of hydrogen-bond acceptors (Lipinski definition) is 4. The van der Waals surface area contributed by atoms with Crippen LogP contribution in [0.2, 0.25) is 0 Å². The minimum Gasteiger partial charge on any atom is -0.459 e. The fourth-order valence-corrected chi connectivity index (χ4v) is 3.94. The number of aromatic amines is 1. The maximum absolute atomic E-state index is 12.7. The van der Waals surface area contributed by atoms with Crippen LogP contribution in [-0.4, -0.2) is 40.8 Å². The summed E-state index contributed by atoms with van der Waals surface area (Å²) in [5.74, 6) is -0.249. The number of hydrogen-bond donors (Lipinski definition) is 2. The van der Waals surface area contributed by atoms with Crippen molar-refractivity contribution in [2.24, 2.45) is 0 Å².